The zero-order chi connectivity index (χ0) is 14.9. The van der Waals surface area contributed by atoms with Gasteiger partial charge < -0.3 is 9.40 Å². The van der Waals surface area contributed by atoms with Gasteiger partial charge in [0.1, 0.15) is 0 Å². The van der Waals surface area contributed by atoms with Gasteiger partial charge in [-0.3, -0.25) is 0 Å². The Kier molecular flexibility index (Phi) is 3.44. The van der Waals surface area contributed by atoms with E-state index in [0.717, 1.165) is 21.1 Å². The highest BCUT2D eigenvalue weighted by Gasteiger charge is 2.18. The molecule has 3 heterocycles. The number of aromatic amines is 1. The van der Waals surface area contributed by atoms with Crippen molar-refractivity contribution in [3.8, 4) is 10.8 Å². The molecule has 4 rings (SSSR count). The topological polar surface area (TPSA) is 67.6 Å². The highest BCUT2D eigenvalue weighted by molar-refractivity contribution is 7.99. The lowest BCUT2D eigenvalue weighted by Crippen LogP contribution is -1.89. The lowest BCUT2D eigenvalue weighted by atomic mass is 10.3. The zero-order valence-corrected chi connectivity index (χ0v) is 13.3. The molecule has 0 aliphatic carbocycles. The molecule has 0 saturated heterocycles. The fourth-order valence-corrected chi connectivity index (χ4v) is 3.60. The third-order valence-electron chi connectivity index (χ3n) is 3.18. The summed E-state index contributed by atoms with van der Waals surface area (Å²) in [6.45, 7) is 2.03. The third-order valence-corrected chi connectivity index (χ3v) is 5.01. The van der Waals surface area contributed by atoms with Crippen molar-refractivity contribution in [1.29, 1.82) is 0 Å². The van der Waals surface area contributed by atoms with Crippen molar-refractivity contribution in [2.45, 2.75) is 17.3 Å². The lowest BCUT2D eigenvalue weighted by molar-refractivity contribution is 0.510. The fraction of sp³-hybridized carbons (Fsp3) is 0.133. The standard InChI is InChI=1S/C15H12N4OS2/c1-9(13-18-19-14(20-13)12-7-4-8-21-12)22-15-16-10-5-2-3-6-11(10)17-15/h2-9H,1H3,(H,16,17)/t9-/m1/s1. The van der Waals surface area contributed by atoms with E-state index in [1.807, 2.05) is 48.7 Å². The van der Waals surface area contributed by atoms with Gasteiger partial charge in [-0.25, -0.2) is 4.98 Å². The number of nitrogens with zero attached hydrogens (tertiary/aromatic N) is 3. The van der Waals surface area contributed by atoms with Gasteiger partial charge in [0.25, 0.3) is 5.89 Å². The van der Waals surface area contributed by atoms with E-state index < -0.39 is 0 Å². The Morgan fingerprint density at radius 2 is 2.09 bits per heavy atom. The van der Waals surface area contributed by atoms with Crippen molar-refractivity contribution in [3.05, 3.63) is 47.7 Å². The summed E-state index contributed by atoms with van der Waals surface area (Å²) in [5.41, 5.74) is 1.99. The molecule has 1 atom stereocenters. The van der Waals surface area contributed by atoms with E-state index in [2.05, 4.69) is 20.2 Å². The van der Waals surface area contributed by atoms with Gasteiger partial charge in [0, 0.05) is 0 Å². The average molecular weight is 328 g/mol. The number of hydrogen-bond donors (Lipinski definition) is 1. The zero-order valence-electron chi connectivity index (χ0n) is 11.7. The van der Waals surface area contributed by atoms with Gasteiger partial charge in [0.15, 0.2) is 5.16 Å². The molecule has 22 heavy (non-hydrogen) atoms. The molecule has 0 saturated carbocycles. The van der Waals surface area contributed by atoms with E-state index in [0.29, 0.717) is 11.8 Å². The van der Waals surface area contributed by atoms with Crippen molar-refractivity contribution in [3.63, 3.8) is 0 Å². The number of hydrogen-bond acceptors (Lipinski definition) is 6. The van der Waals surface area contributed by atoms with Crippen molar-refractivity contribution in [2.75, 3.05) is 0 Å². The van der Waals surface area contributed by atoms with E-state index in [9.17, 15) is 0 Å². The maximum absolute atomic E-state index is 5.76. The van der Waals surface area contributed by atoms with Crippen LogP contribution in [0.5, 0.6) is 0 Å². The molecule has 5 nitrogen and oxygen atoms in total. The molecule has 110 valence electrons. The normalized spacial score (nSPS) is 12.8. The number of benzene rings is 1. The molecule has 0 unspecified atom stereocenters. The first-order valence-corrected chi connectivity index (χ1v) is 8.54. The smallest absolute Gasteiger partial charge is 0.257 e. The Labute approximate surface area is 134 Å². The van der Waals surface area contributed by atoms with Crippen LogP contribution in [0.3, 0.4) is 0 Å². The summed E-state index contributed by atoms with van der Waals surface area (Å²) in [6, 6.07) is 11.9. The lowest BCUT2D eigenvalue weighted by Gasteiger charge is -2.02. The maximum atomic E-state index is 5.76. The second-order valence-corrected chi connectivity index (χ2v) is 7.02. The molecule has 0 radical (unpaired) electrons. The van der Waals surface area contributed by atoms with E-state index in [1.54, 1.807) is 23.1 Å². The van der Waals surface area contributed by atoms with Gasteiger partial charge in [0.05, 0.1) is 21.2 Å². The number of nitrogens with one attached hydrogen (secondary N) is 1. The molecule has 0 spiro atoms. The number of imidazole rings is 1. The van der Waals surface area contributed by atoms with Crippen LogP contribution in [0, 0.1) is 0 Å². The van der Waals surface area contributed by atoms with Crippen molar-refractivity contribution in [1.82, 2.24) is 20.2 Å². The van der Waals surface area contributed by atoms with Gasteiger partial charge in [0.2, 0.25) is 5.89 Å². The van der Waals surface area contributed by atoms with E-state index >= 15 is 0 Å². The molecule has 4 aromatic rings. The SMILES string of the molecule is C[C@@H](Sc1nc2ccccc2[nH]1)c1nnc(-c2cccs2)o1. The first-order chi connectivity index (χ1) is 10.8. The number of rotatable bonds is 4. The molecular formula is C15H12N4OS2. The minimum atomic E-state index is 0.0294. The first kappa shape index (κ1) is 13.5. The Morgan fingerprint density at radius 1 is 1.18 bits per heavy atom. The number of thiophene rings is 1. The predicted octanol–water partition coefficient (Wildman–Crippen LogP) is 4.53. The molecule has 0 amide bonds. The average Bonchev–Trinajstić information content (AvgIpc) is 3.26. The Morgan fingerprint density at radius 3 is 2.91 bits per heavy atom. The summed E-state index contributed by atoms with van der Waals surface area (Å²) in [5, 5.41) is 11.1. The van der Waals surface area contributed by atoms with Crippen LogP contribution in [-0.2, 0) is 0 Å². The predicted molar refractivity (Wildman–Crippen MR) is 88.0 cm³/mol. The van der Waals surface area contributed by atoms with Gasteiger partial charge >= 0.3 is 0 Å². The molecule has 1 N–H and O–H groups in total. The Hall–Kier alpha value is -2.12. The van der Waals surface area contributed by atoms with Crippen LogP contribution >= 0.6 is 23.1 Å². The summed E-state index contributed by atoms with van der Waals surface area (Å²) in [7, 11) is 0. The third kappa shape index (κ3) is 2.53. The molecule has 0 bridgehead atoms. The summed E-state index contributed by atoms with van der Waals surface area (Å²) in [6.07, 6.45) is 0. The van der Waals surface area contributed by atoms with Crippen LogP contribution in [0.25, 0.3) is 21.8 Å². The van der Waals surface area contributed by atoms with Gasteiger partial charge in [-0.1, -0.05) is 30.0 Å². The quantitative estimate of drug-likeness (QED) is 0.558. The Bertz CT molecular complexity index is 864. The van der Waals surface area contributed by atoms with Crippen molar-refractivity contribution >= 4 is 34.1 Å². The largest absolute Gasteiger partial charge is 0.419 e. The van der Waals surface area contributed by atoms with E-state index in [4.69, 9.17) is 4.42 Å². The van der Waals surface area contributed by atoms with Crippen LogP contribution in [0.2, 0.25) is 0 Å². The van der Waals surface area contributed by atoms with Crippen LogP contribution in [-0.4, -0.2) is 20.2 Å². The molecular weight excluding hydrogens is 316 g/mol. The number of aromatic nitrogens is 4. The molecule has 7 heteroatoms. The summed E-state index contributed by atoms with van der Waals surface area (Å²) < 4.78 is 5.76. The minimum Gasteiger partial charge on any atom is -0.419 e. The second-order valence-electron chi connectivity index (χ2n) is 4.74. The van der Waals surface area contributed by atoms with Crippen LogP contribution < -0.4 is 0 Å². The fourth-order valence-electron chi connectivity index (χ4n) is 2.10. The summed E-state index contributed by atoms with van der Waals surface area (Å²) in [5.74, 6) is 1.18. The number of para-hydroxylation sites is 2. The van der Waals surface area contributed by atoms with Gasteiger partial charge in [-0.2, -0.15) is 0 Å². The highest BCUT2D eigenvalue weighted by atomic mass is 32.2. The molecule has 0 aliphatic rings. The molecule has 0 aliphatic heterocycles. The van der Waals surface area contributed by atoms with Crippen LogP contribution in [0.4, 0.5) is 0 Å². The van der Waals surface area contributed by atoms with Crippen LogP contribution in [0.15, 0.2) is 51.4 Å². The highest BCUT2D eigenvalue weighted by Crippen LogP contribution is 2.35. The van der Waals surface area contributed by atoms with Crippen molar-refractivity contribution < 1.29 is 4.42 Å². The maximum Gasteiger partial charge on any atom is 0.257 e. The van der Waals surface area contributed by atoms with Gasteiger partial charge in [-0.05, 0) is 30.5 Å². The molecule has 3 aromatic heterocycles. The Balaban J connectivity index is 1.55. The minimum absolute atomic E-state index is 0.0294. The first-order valence-electron chi connectivity index (χ1n) is 6.78. The number of fused-ring (bicyclic) bond motifs is 1. The molecule has 1 aromatic carbocycles. The summed E-state index contributed by atoms with van der Waals surface area (Å²) in [4.78, 5) is 8.83. The second kappa shape index (κ2) is 5.58. The van der Waals surface area contributed by atoms with E-state index in [1.165, 1.54) is 0 Å². The van der Waals surface area contributed by atoms with Gasteiger partial charge in [-0.15, -0.1) is 21.5 Å². The van der Waals surface area contributed by atoms with Crippen LogP contribution in [0.1, 0.15) is 18.1 Å². The monoisotopic (exact) mass is 328 g/mol. The van der Waals surface area contributed by atoms with E-state index in [-0.39, 0.29) is 5.25 Å². The van der Waals surface area contributed by atoms with Crippen molar-refractivity contribution in [2.24, 2.45) is 0 Å². The number of thioether (sulfide) groups is 1. The number of H-pyrrole nitrogens is 1. The summed E-state index contributed by atoms with van der Waals surface area (Å²) >= 11 is 3.16. The molecule has 0 fully saturated rings.